The zero-order chi connectivity index (χ0) is 16.4. The number of nitrogens with zero attached hydrogens (tertiary/aromatic N) is 2. The van der Waals surface area contributed by atoms with Crippen LogP contribution in [0, 0.1) is 6.92 Å². The summed E-state index contributed by atoms with van der Waals surface area (Å²) in [6.45, 7) is 3.61. The van der Waals surface area contributed by atoms with Gasteiger partial charge in [-0.05, 0) is 44.7 Å². The number of aryl methyl sites for hydroxylation is 1. The van der Waals surface area contributed by atoms with E-state index in [1.54, 1.807) is 9.80 Å². The molecule has 1 aromatic rings. The first-order valence-corrected chi connectivity index (χ1v) is 8.37. The van der Waals surface area contributed by atoms with E-state index < -0.39 is 5.54 Å². The van der Waals surface area contributed by atoms with E-state index in [9.17, 15) is 14.7 Å². The van der Waals surface area contributed by atoms with Crippen molar-refractivity contribution in [3.8, 4) is 0 Å². The molecule has 1 atom stereocenters. The molecule has 0 saturated carbocycles. The van der Waals surface area contributed by atoms with E-state index in [2.05, 4.69) is 0 Å². The number of aliphatic hydroxyl groups excluding tert-OH is 1. The van der Waals surface area contributed by atoms with Gasteiger partial charge in [0.15, 0.2) is 0 Å². The fourth-order valence-electron chi connectivity index (χ4n) is 3.91. The molecule has 2 amide bonds. The van der Waals surface area contributed by atoms with Crippen LogP contribution >= 0.6 is 0 Å². The molecule has 0 aliphatic carbocycles. The Kier molecular flexibility index (Phi) is 4.39. The first kappa shape index (κ1) is 16.0. The van der Waals surface area contributed by atoms with E-state index in [0.717, 1.165) is 31.2 Å². The summed E-state index contributed by atoms with van der Waals surface area (Å²) >= 11 is 0. The van der Waals surface area contributed by atoms with Gasteiger partial charge in [-0.15, -0.1) is 0 Å². The third-order valence-electron chi connectivity index (χ3n) is 5.11. The normalized spacial score (nSPS) is 24.5. The molecule has 5 nitrogen and oxygen atoms in total. The van der Waals surface area contributed by atoms with Crippen LogP contribution in [0.3, 0.4) is 0 Å². The number of carbonyl (C=O) groups is 2. The van der Waals surface area contributed by atoms with Crippen LogP contribution in [0.5, 0.6) is 0 Å². The number of benzene rings is 1. The highest BCUT2D eigenvalue weighted by atomic mass is 16.3. The minimum absolute atomic E-state index is 0.00996. The number of hydrogen-bond donors (Lipinski definition) is 1. The second-order valence-corrected chi connectivity index (χ2v) is 6.58. The van der Waals surface area contributed by atoms with Gasteiger partial charge in [0, 0.05) is 25.2 Å². The maximum absolute atomic E-state index is 13.0. The molecule has 1 unspecified atom stereocenters. The molecule has 2 heterocycles. The number of piperidine rings is 1. The largest absolute Gasteiger partial charge is 0.395 e. The highest BCUT2D eigenvalue weighted by molar-refractivity contribution is 6.00. The third-order valence-corrected chi connectivity index (χ3v) is 5.11. The Morgan fingerprint density at radius 1 is 1.17 bits per heavy atom. The van der Waals surface area contributed by atoms with Crippen molar-refractivity contribution in [1.29, 1.82) is 0 Å². The molecule has 1 aromatic carbocycles. The first-order chi connectivity index (χ1) is 11.1. The molecule has 0 bridgehead atoms. The summed E-state index contributed by atoms with van der Waals surface area (Å²) in [6.07, 6.45) is 3.19. The van der Waals surface area contributed by atoms with Gasteiger partial charge < -0.3 is 14.9 Å². The number of β-amino-alcohol motifs (C(OH)–C–C–N with tert-alkyl or cyclic N) is 1. The van der Waals surface area contributed by atoms with Crippen molar-refractivity contribution in [1.82, 2.24) is 9.80 Å². The molecule has 1 spiro atoms. The molecular formula is C18H24N2O3. The lowest BCUT2D eigenvalue weighted by Crippen LogP contribution is -2.61. The Morgan fingerprint density at radius 2 is 1.83 bits per heavy atom. The Morgan fingerprint density at radius 3 is 2.48 bits per heavy atom. The number of rotatable bonds is 3. The molecule has 2 fully saturated rings. The Balaban J connectivity index is 1.88. The summed E-state index contributed by atoms with van der Waals surface area (Å²) in [6, 6.07) is 7.53. The molecule has 2 aliphatic heterocycles. The fraction of sp³-hybridized carbons (Fsp3) is 0.556. The van der Waals surface area contributed by atoms with Gasteiger partial charge in [-0.1, -0.05) is 17.7 Å². The van der Waals surface area contributed by atoms with E-state index in [4.69, 9.17) is 0 Å². The van der Waals surface area contributed by atoms with Crippen LogP contribution in [-0.4, -0.2) is 58.5 Å². The third kappa shape index (κ3) is 2.74. The quantitative estimate of drug-likeness (QED) is 0.921. The molecule has 2 saturated heterocycles. The number of aliphatic hydroxyl groups is 1. The zero-order valence-corrected chi connectivity index (χ0v) is 13.6. The average molecular weight is 316 g/mol. The van der Waals surface area contributed by atoms with E-state index in [-0.39, 0.29) is 18.4 Å². The van der Waals surface area contributed by atoms with Crippen LogP contribution in [0.1, 0.15) is 41.6 Å². The SMILES string of the molecule is Cc1ccc(C(=O)N2CCCC23CCCN(CCO)C3=O)cc1. The van der Waals surface area contributed by atoms with Gasteiger partial charge in [-0.2, -0.15) is 0 Å². The second-order valence-electron chi connectivity index (χ2n) is 6.58. The van der Waals surface area contributed by atoms with Crippen LogP contribution in [0.2, 0.25) is 0 Å². The van der Waals surface area contributed by atoms with Crippen LogP contribution < -0.4 is 0 Å². The maximum Gasteiger partial charge on any atom is 0.254 e. The molecule has 0 aromatic heterocycles. The van der Waals surface area contributed by atoms with Gasteiger partial charge >= 0.3 is 0 Å². The van der Waals surface area contributed by atoms with Crippen molar-refractivity contribution < 1.29 is 14.7 Å². The predicted octanol–water partition coefficient (Wildman–Crippen LogP) is 1.58. The van der Waals surface area contributed by atoms with Gasteiger partial charge in [0.1, 0.15) is 5.54 Å². The van der Waals surface area contributed by atoms with Gasteiger partial charge in [0.25, 0.3) is 5.91 Å². The van der Waals surface area contributed by atoms with Crippen LogP contribution in [0.25, 0.3) is 0 Å². The van der Waals surface area contributed by atoms with Crippen molar-refractivity contribution in [3.63, 3.8) is 0 Å². The van der Waals surface area contributed by atoms with Gasteiger partial charge in [-0.3, -0.25) is 9.59 Å². The first-order valence-electron chi connectivity index (χ1n) is 8.37. The standard InChI is InChI=1S/C18H24N2O3/c1-14-4-6-15(7-5-14)16(22)20-11-3-9-18(20)8-2-10-19(12-13-21)17(18)23/h4-7,21H,2-3,8-13H2,1H3. The lowest BCUT2D eigenvalue weighted by Gasteiger charge is -2.44. The molecule has 2 aliphatic rings. The van der Waals surface area contributed by atoms with Crippen molar-refractivity contribution in [2.24, 2.45) is 0 Å². The van der Waals surface area contributed by atoms with E-state index in [1.165, 1.54) is 0 Å². The lowest BCUT2D eigenvalue weighted by atomic mass is 9.85. The fourth-order valence-corrected chi connectivity index (χ4v) is 3.91. The number of carbonyl (C=O) groups excluding carboxylic acids is 2. The van der Waals surface area contributed by atoms with Gasteiger partial charge in [0.05, 0.1) is 6.61 Å². The van der Waals surface area contributed by atoms with Crippen molar-refractivity contribution in [2.75, 3.05) is 26.2 Å². The van der Waals surface area contributed by atoms with Crippen molar-refractivity contribution in [3.05, 3.63) is 35.4 Å². The summed E-state index contributed by atoms with van der Waals surface area (Å²) in [7, 11) is 0. The predicted molar refractivity (Wildman–Crippen MR) is 87.1 cm³/mol. The summed E-state index contributed by atoms with van der Waals surface area (Å²) in [5.41, 5.74) is 1.06. The maximum atomic E-state index is 13.0. The Bertz CT molecular complexity index is 597. The molecule has 0 radical (unpaired) electrons. The van der Waals surface area contributed by atoms with Crippen LogP contribution in [0.4, 0.5) is 0 Å². The monoisotopic (exact) mass is 316 g/mol. The van der Waals surface area contributed by atoms with Gasteiger partial charge in [-0.25, -0.2) is 0 Å². The lowest BCUT2D eigenvalue weighted by molar-refractivity contribution is -0.146. The summed E-state index contributed by atoms with van der Waals surface area (Å²) in [5, 5.41) is 9.17. The minimum Gasteiger partial charge on any atom is -0.395 e. The summed E-state index contributed by atoms with van der Waals surface area (Å²) in [5.74, 6) is -0.0440. The minimum atomic E-state index is -0.699. The average Bonchev–Trinajstić information content (AvgIpc) is 2.97. The van der Waals surface area contributed by atoms with Gasteiger partial charge in [0.2, 0.25) is 5.91 Å². The topological polar surface area (TPSA) is 60.9 Å². The molecule has 1 N–H and O–H groups in total. The highest BCUT2D eigenvalue weighted by Gasteiger charge is 2.52. The summed E-state index contributed by atoms with van der Waals surface area (Å²) in [4.78, 5) is 29.4. The highest BCUT2D eigenvalue weighted by Crippen LogP contribution is 2.39. The molecule has 23 heavy (non-hydrogen) atoms. The van der Waals surface area contributed by atoms with E-state index in [0.29, 0.717) is 25.2 Å². The van der Waals surface area contributed by atoms with Crippen LogP contribution in [-0.2, 0) is 4.79 Å². The number of amides is 2. The molecule has 124 valence electrons. The second kappa shape index (κ2) is 6.32. The smallest absolute Gasteiger partial charge is 0.254 e. The molecular weight excluding hydrogens is 292 g/mol. The molecule has 3 rings (SSSR count). The van der Waals surface area contributed by atoms with E-state index in [1.807, 2.05) is 31.2 Å². The molecule has 5 heteroatoms. The van der Waals surface area contributed by atoms with Crippen molar-refractivity contribution >= 4 is 11.8 Å². The van der Waals surface area contributed by atoms with Crippen LogP contribution in [0.15, 0.2) is 24.3 Å². The number of likely N-dealkylation sites (tertiary alicyclic amines) is 2. The Hall–Kier alpha value is -1.88. The van der Waals surface area contributed by atoms with Crippen molar-refractivity contribution in [2.45, 2.75) is 38.1 Å². The zero-order valence-electron chi connectivity index (χ0n) is 13.6. The Labute approximate surface area is 136 Å². The summed E-state index contributed by atoms with van der Waals surface area (Å²) < 4.78 is 0. The van der Waals surface area contributed by atoms with E-state index >= 15 is 0 Å². The number of hydrogen-bond acceptors (Lipinski definition) is 3.